The molecule has 0 aromatic carbocycles. The van der Waals surface area contributed by atoms with Crippen molar-refractivity contribution >= 4 is 28.5 Å². The third kappa shape index (κ3) is 3.38. The van der Waals surface area contributed by atoms with Crippen LogP contribution < -0.4 is 4.90 Å². The monoisotopic (exact) mass is 478 g/mol. The number of fused-ring (bicyclic) bond motifs is 1. The zero-order valence-electron chi connectivity index (χ0n) is 17.8. The molecule has 5 aromatic rings. The fraction of sp³-hybridized carbons (Fsp3) is 0.211. The summed E-state index contributed by atoms with van der Waals surface area (Å²) in [6.45, 7) is 1.20. The van der Waals surface area contributed by atoms with Crippen LogP contribution in [0.3, 0.4) is 0 Å². The fourth-order valence-electron chi connectivity index (χ4n) is 3.96. The number of rotatable bonds is 5. The second kappa shape index (κ2) is 8.08. The molecule has 0 atom stereocenters. The molecule has 5 aromatic heterocycles. The van der Waals surface area contributed by atoms with E-state index in [-0.39, 0.29) is 41.4 Å². The number of pyridine rings is 1. The summed E-state index contributed by atoms with van der Waals surface area (Å²) in [6.07, 6.45) is 8.13. The number of nitrogens with zero attached hydrogens (tertiary/aromatic N) is 11. The standard InChI is InChI=1S/C19H15FN12O3/c20-12-10-23-16(31-3-1-24-27-31)14-13(12)11(9-22-14)15(33)17(34)29-4-6-30(7-5-29)18-25-26-28-32(18)19-21-2-8-35-19/h1-3,8-10,22H,4-7H2. The van der Waals surface area contributed by atoms with Crippen molar-refractivity contribution in [2.75, 3.05) is 31.1 Å². The van der Waals surface area contributed by atoms with Crippen molar-refractivity contribution in [3.05, 3.63) is 48.6 Å². The van der Waals surface area contributed by atoms with Gasteiger partial charge in [0.2, 0.25) is 0 Å². The Kier molecular flexibility index (Phi) is 4.75. The van der Waals surface area contributed by atoms with E-state index in [1.165, 1.54) is 45.3 Å². The second-order valence-electron chi connectivity index (χ2n) is 7.54. The largest absolute Gasteiger partial charge is 0.430 e. The molecule has 6 rings (SSSR count). The number of anilines is 1. The first kappa shape index (κ1) is 20.6. The average Bonchev–Trinajstić information content (AvgIpc) is 3.70. The highest BCUT2D eigenvalue weighted by atomic mass is 19.1. The van der Waals surface area contributed by atoms with Crippen LogP contribution in [0.25, 0.3) is 22.7 Å². The van der Waals surface area contributed by atoms with Crippen molar-refractivity contribution in [2.24, 2.45) is 0 Å². The molecule has 1 N–H and O–H groups in total. The van der Waals surface area contributed by atoms with Gasteiger partial charge in [-0.2, -0.15) is 0 Å². The summed E-state index contributed by atoms with van der Waals surface area (Å²) >= 11 is 0. The highest BCUT2D eigenvalue weighted by Crippen LogP contribution is 2.26. The number of aromatic nitrogens is 10. The van der Waals surface area contributed by atoms with Crippen molar-refractivity contribution in [3.63, 3.8) is 0 Å². The lowest BCUT2D eigenvalue weighted by molar-refractivity contribution is -0.126. The Bertz CT molecular complexity index is 1520. The van der Waals surface area contributed by atoms with Gasteiger partial charge >= 0.3 is 6.01 Å². The maximum atomic E-state index is 14.7. The van der Waals surface area contributed by atoms with Crippen molar-refractivity contribution in [1.29, 1.82) is 0 Å². The summed E-state index contributed by atoms with van der Waals surface area (Å²) in [5.41, 5.74) is 0.149. The minimum absolute atomic E-state index is 0.0346. The van der Waals surface area contributed by atoms with Crippen molar-refractivity contribution < 1.29 is 18.4 Å². The quantitative estimate of drug-likeness (QED) is 0.262. The number of aromatic amines is 1. The number of carbonyl (C=O) groups is 2. The van der Waals surface area contributed by atoms with Gasteiger partial charge in [0.1, 0.15) is 6.26 Å². The van der Waals surface area contributed by atoms with Crippen LogP contribution in [0, 0.1) is 5.82 Å². The highest BCUT2D eigenvalue weighted by Gasteiger charge is 2.31. The van der Waals surface area contributed by atoms with Gasteiger partial charge < -0.3 is 19.2 Å². The smallest absolute Gasteiger partial charge is 0.327 e. The molecule has 0 radical (unpaired) electrons. The van der Waals surface area contributed by atoms with Crippen molar-refractivity contribution in [3.8, 4) is 11.8 Å². The van der Waals surface area contributed by atoms with Gasteiger partial charge in [0, 0.05) is 32.4 Å². The molecule has 15 nitrogen and oxygen atoms in total. The molecule has 16 heteroatoms. The number of amides is 1. The lowest BCUT2D eigenvalue weighted by Gasteiger charge is -2.34. The van der Waals surface area contributed by atoms with E-state index >= 15 is 0 Å². The van der Waals surface area contributed by atoms with Gasteiger partial charge in [0.15, 0.2) is 11.6 Å². The summed E-state index contributed by atoms with van der Waals surface area (Å²) in [6, 6.07) is 0.208. The number of hydrogen-bond acceptors (Lipinski definition) is 11. The number of nitrogens with one attached hydrogen (secondary N) is 1. The summed E-state index contributed by atoms with van der Waals surface area (Å²) in [5.74, 6) is -1.65. The molecule has 0 aliphatic carbocycles. The molecule has 1 aliphatic rings. The van der Waals surface area contributed by atoms with Gasteiger partial charge in [-0.25, -0.2) is 19.0 Å². The number of halogens is 1. The maximum Gasteiger partial charge on any atom is 0.327 e. The van der Waals surface area contributed by atoms with Gasteiger partial charge in [0.25, 0.3) is 17.6 Å². The van der Waals surface area contributed by atoms with Crippen LogP contribution >= 0.6 is 0 Å². The number of piperazine rings is 1. The zero-order chi connectivity index (χ0) is 23.9. The Labute approximate surface area is 194 Å². The minimum Gasteiger partial charge on any atom is -0.430 e. The Morgan fingerprint density at radius 1 is 1.09 bits per heavy atom. The van der Waals surface area contributed by atoms with Crippen LogP contribution in [-0.4, -0.2) is 92.9 Å². The lowest BCUT2D eigenvalue weighted by atomic mass is 10.1. The van der Waals surface area contributed by atoms with E-state index in [1.807, 2.05) is 4.90 Å². The van der Waals surface area contributed by atoms with Gasteiger partial charge in [-0.1, -0.05) is 10.3 Å². The van der Waals surface area contributed by atoms with Crippen molar-refractivity contribution in [2.45, 2.75) is 0 Å². The first-order chi connectivity index (χ1) is 17.1. The highest BCUT2D eigenvalue weighted by molar-refractivity contribution is 6.45. The Morgan fingerprint density at radius 3 is 2.69 bits per heavy atom. The fourth-order valence-corrected chi connectivity index (χ4v) is 3.96. The topological polar surface area (TPSA) is 170 Å². The van der Waals surface area contributed by atoms with E-state index in [4.69, 9.17) is 4.42 Å². The lowest BCUT2D eigenvalue weighted by Crippen LogP contribution is -2.51. The van der Waals surface area contributed by atoms with Crippen LogP contribution in [-0.2, 0) is 4.79 Å². The summed E-state index contributed by atoms with van der Waals surface area (Å²) in [4.78, 5) is 40.3. The van der Waals surface area contributed by atoms with Gasteiger partial charge in [-0.05, 0) is 10.4 Å². The molecule has 176 valence electrons. The van der Waals surface area contributed by atoms with Crippen LogP contribution in [0.4, 0.5) is 10.3 Å². The molecule has 0 spiro atoms. The molecule has 0 bridgehead atoms. The SMILES string of the molecule is O=C(C(=O)N1CCN(c2nnnn2-c2ncco2)CC1)c1c[nH]c2c(-n3ccnn3)ncc(F)c12. The molecule has 1 amide bonds. The molecule has 1 aliphatic heterocycles. The summed E-state index contributed by atoms with van der Waals surface area (Å²) in [7, 11) is 0. The summed E-state index contributed by atoms with van der Waals surface area (Å²) in [5, 5.41) is 19.1. The zero-order valence-corrected chi connectivity index (χ0v) is 17.8. The van der Waals surface area contributed by atoms with Crippen LogP contribution in [0.1, 0.15) is 10.4 Å². The molecular weight excluding hydrogens is 463 g/mol. The number of oxazole rings is 1. The predicted molar refractivity (Wildman–Crippen MR) is 113 cm³/mol. The Balaban J connectivity index is 1.21. The average molecular weight is 478 g/mol. The number of hydrogen-bond donors (Lipinski definition) is 1. The first-order valence-electron chi connectivity index (χ1n) is 10.4. The van der Waals surface area contributed by atoms with Crippen molar-refractivity contribution in [1.82, 2.24) is 55.1 Å². The van der Waals surface area contributed by atoms with E-state index in [0.717, 1.165) is 6.20 Å². The van der Waals surface area contributed by atoms with Gasteiger partial charge in [0.05, 0.1) is 41.3 Å². The van der Waals surface area contributed by atoms with E-state index < -0.39 is 17.5 Å². The van der Waals surface area contributed by atoms with Gasteiger partial charge in [-0.15, -0.1) is 9.78 Å². The van der Waals surface area contributed by atoms with E-state index in [0.29, 0.717) is 19.0 Å². The molecule has 0 saturated carbocycles. The third-order valence-corrected chi connectivity index (χ3v) is 5.62. The number of ketones is 1. The number of Topliss-reactive ketones (excluding diaryl/α,β-unsaturated/α-hetero) is 1. The Hall–Kier alpha value is -5.02. The third-order valence-electron chi connectivity index (χ3n) is 5.62. The molecule has 1 saturated heterocycles. The van der Waals surface area contributed by atoms with E-state index in [9.17, 15) is 14.0 Å². The van der Waals surface area contributed by atoms with E-state index in [1.54, 1.807) is 0 Å². The first-order valence-corrected chi connectivity index (χ1v) is 10.4. The van der Waals surface area contributed by atoms with E-state index in [2.05, 4.69) is 40.8 Å². The molecule has 1 fully saturated rings. The Morgan fingerprint density at radius 2 is 1.94 bits per heavy atom. The second-order valence-corrected chi connectivity index (χ2v) is 7.54. The minimum atomic E-state index is -0.830. The summed E-state index contributed by atoms with van der Waals surface area (Å²) < 4.78 is 22.6. The number of H-pyrrole nitrogens is 1. The van der Waals surface area contributed by atoms with Crippen LogP contribution in [0.2, 0.25) is 0 Å². The molecular formula is C19H15FN12O3. The molecule has 6 heterocycles. The van der Waals surface area contributed by atoms with Crippen LogP contribution in [0.5, 0.6) is 0 Å². The molecule has 0 unspecified atom stereocenters. The number of tetrazole rings is 1. The normalized spacial score (nSPS) is 14.1. The maximum absolute atomic E-state index is 14.7. The van der Waals surface area contributed by atoms with Gasteiger partial charge in [-0.3, -0.25) is 9.59 Å². The number of carbonyl (C=O) groups excluding carboxylic acids is 2. The predicted octanol–water partition coefficient (Wildman–Crippen LogP) is -0.222. The molecule has 35 heavy (non-hydrogen) atoms. The van der Waals surface area contributed by atoms with Crippen LogP contribution in [0.15, 0.2) is 41.7 Å².